The SMILES string of the molecule is O=Cc1ccc(OS(=O)(=O)C(F)(F)C(F)(F)C(F)(F)S(=O)(=O)O)cc1. The molecule has 1 N–H and O–H groups in total. The van der Waals surface area contributed by atoms with Crippen LogP contribution in [0, 0.1) is 0 Å². The Kier molecular flexibility index (Phi) is 5.20. The lowest BCUT2D eigenvalue weighted by atomic mass is 10.2. The maximum Gasteiger partial charge on any atom is 0.450 e. The lowest BCUT2D eigenvalue weighted by Gasteiger charge is -2.29. The van der Waals surface area contributed by atoms with Gasteiger partial charge in [-0.1, -0.05) is 0 Å². The van der Waals surface area contributed by atoms with E-state index in [1.807, 2.05) is 0 Å². The summed E-state index contributed by atoms with van der Waals surface area (Å²) in [5.41, 5.74) is -0.0975. The zero-order valence-electron chi connectivity index (χ0n) is 11.4. The van der Waals surface area contributed by atoms with Crippen molar-refractivity contribution in [3.63, 3.8) is 0 Å². The molecule has 0 amide bonds. The minimum atomic E-state index is -7.11. The van der Waals surface area contributed by atoms with E-state index in [1.54, 1.807) is 0 Å². The van der Waals surface area contributed by atoms with Crippen molar-refractivity contribution < 1.29 is 56.7 Å². The molecule has 1 aromatic rings. The standard InChI is InChI=1S/C10H6F6O7S2/c11-8(12,9(13,14)24(18,19)20)10(15,16)25(21,22)23-7-3-1-6(5-17)2-4-7/h1-5H,(H,18,19,20). The molecule has 0 fully saturated rings. The van der Waals surface area contributed by atoms with Gasteiger partial charge in [-0.2, -0.15) is 43.2 Å². The predicted octanol–water partition coefficient (Wildman–Crippen LogP) is 1.92. The highest BCUT2D eigenvalue weighted by Crippen LogP contribution is 2.50. The monoisotopic (exact) mass is 416 g/mol. The second-order valence-electron chi connectivity index (χ2n) is 4.31. The third kappa shape index (κ3) is 3.43. The summed E-state index contributed by atoms with van der Waals surface area (Å²) in [6.45, 7) is 0. The van der Waals surface area contributed by atoms with Crippen LogP contribution in [0.5, 0.6) is 5.75 Å². The van der Waals surface area contributed by atoms with Crippen molar-refractivity contribution in [1.82, 2.24) is 0 Å². The molecular formula is C10H6F6O7S2. The molecule has 0 heterocycles. The van der Waals surface area contributed by atoms with Crippen LogP contribution in [-0.4, -0.2) is 44.1 Å². The topological polar surface area (TPSA) is 115 Å². The largest absolute Gasteiger partial charge is 0.450 e. The molecule has 0 aromatic heterocycles. The molecule has 0 aliphatic carbocycles. The van der Waals surface area contributed by atoms with Gasteiger partial charge in [-0.05, 0) is 24.3 Å². The lowest BCUT2D eigenvalue weighted by Crippen LogP contribution is -2.61. The molecular weight excluding hydrogens is 410 g/mol. The maximum absolute atomic E-state index is 13.5. The third-order valence-electron chi connectivity index (χ3n) is 2.59. The van der Waals surface area contributed by atoms with Crippen LogP contribution in [-0.2, 0) is 20.2 Å². The van der Waals surface area contributed by atoms with Crippen LogP contribution in [0.3, 0.4) is 0 Å². The summed E-state index contributed by atoms with van der Waals surface area (Å²) in [4.78, 5) is 10.4. The summed E-state index contributed by atoms with van der Waals surface area (Å²) in [6.07, 6.45) is 0.244. The van der Waals surface area contributed by atoms with Crippen molar-refractivity contribution in [2.75, 3.05) is 0 Å². The molecule has 25 heavy (non-hydrogen) atoms. The first kappa shape index (κ1) is 21.2. The number of carbonyl (C=O) groups is 1. The molecule has 0 saturated heterocycles. The van der Waals surface area contributed by atoms with E-state index in [0.717, 1.165) is 12.1 Å². The first-order chi connectivity index (χ1) is 11.0. The van der Waals surface area contributed by atoms with Gasteiger partial charge in [0, 0.05) is 5.56 Å². The van der Waals surface area contributed by atoms with Gasteiger partial charge in [0.1, 0.15) is 12.0 Å². The Morgan fingerprint density at radius 3 is 1.68 bits per heavy atom. The minimum Gasteiger partial charge on any atom is -0.378 e. The molecule has 142 valence electrons. The Labute approximate surface area is 136 Å². The van der Waals surface area contributed by atoms with Gasteiger partial charge in [-0.15, -0.1) is 0 Å². The molecule has 0 aliphatic rings. The van der Waals surface area contributed by atoms with Crippen molar-refractivity contribution in [3.05, 3.63) is 29.8 Å². The van der Waals surface area contributed by atoms with Gasteiger partial charge < -0.3 is 4.18 Å². The summed E-state index contributed by atoms with van der Waals surface area (Å²) < 4.78 is 134. The molecule has 0 saturated carbocycles. The Hall–Kier alpha value is -1.87. The van der Waals surface area contributed by atoms with Crippen LogP contribution < -0.4 is 4.18 Å². The van der Waals surface area contributed by atoms with E-state index in [4.69, 9.17) is 4.55 Å². The molecule has 0 bridgehead atoms. The van der Waals surface area contributed by atoms with E-state index in [-0.39, 0.29) is 11.8 Å². The molecule has 0 aliphatic heterocycles. The van der Waals surface area contributed by atoms with Crippen molar-refractivity contribution in [2.45, 2.75) is 16.4 Å². The quantitative estimate of drug-likeness (QED) is 0.313. The second kappa shape index (κ2) is 6.14. The summed E-state index contributed by atoms with van der Waals surface area (Å²) in [5.74, 6) is -8.15. The highest BCUT2D eigenvalue weighted by molar-refractivity contribution is 7.88. The Bertz CT molecular complexity index is 862. The zero-order valence-corrected chi connectivity index (χ0v) is 13.0. The van der Waals surface area contributed by atoms with Crippen molar-refractivity contribution in [2.24, 2.45) is 0 Å². The van der Waals surface area contributed by atoms with E-state index in [9.17, 15) is 48.0 Å². The normalized spacial score (nSPS) is 14.2. The molecule has 0 unspecified atom stereocenters. The minimum absolute atomic E-state index is 0.0975. The fourth-order valence-corrected chi connectivity index (χ4v) is 2.70. The average molecular weight is 416 g/mol. The van der Waals surface area contributed by atoms with Crippen LogP contribution in [0.15, 0.2) is 24.3 Å². The van der Waals surface area contributed by atoms with E-state index >= 15 is 0 Å². The number of benzene rings is 1. The number of hydrogen-bond donors (Lipinski definition) is 1. The Morgan fingerprint density at radius 1 is 0.880 bits per heavy atom. The van der Waals surface area contributed by atoms with Gasteiger partial charge in [0.05, 0.1) is 0 Å². The number of rotatable bonds is 7. The molecule has 7 nitrogen and oxygen atoms in total. The number of carbonyl (C=O) groups excluding carboxylic acids is 1. The van der Waals surface area contributed by atoms with Crippen LogP contribution in [0.2, 0.25) is 0 Å². The Morgan fingerprint density at radius 2 is 1.32 bits per heavy atom. The number of halogens is 6. The fourth-order valence-electron chi connectivity index (χ4n) is 1.27. The second-order valence-corrected chi connectivity index (χ2v) is 7.36. The van der Waals surface area contributed by atoms with Crippen LogP contribution >= 0.6 is 0 Å². The molecule has 15 heteroatoms. The molecule has 0 radical (unpaired) electrons. The molecule has 0 spiro atoms. The average Bonchev–Trinajstić information content (AvgIpc) is 2.45. The van der Waals surface area contributed by atoms with Gasteiger partial charge in [0.25, 0.3) is 0 Å². The lowest BCUT2D eigenvalue weighted by molar-refractivity contribution is -0.247. The van der Waals surface area contributed by atoms with Gasteiger partial charge in [-0.25, -0.2) is 0 Å². The maximum atomic E-state index is 13.5. The van der Waals surface area contributed by atoms with E-state index in [2.05, 4.69) is 4.18 Å². The predicted molar refractivity (Wildman–Crippen MR) is 67.8 cm³/mol. The van der Waals surface area contributed by atoms with Crippen molar-refractivity contribution in [1.29, 1.82) is 0 Å². The van der Waals surface area contributed by atoms with Gasteiger partial charge >= 0.3 is 36.7 Å². The zero-order chi connectivity index (χ0) is 19.9. The number of alkyl halides is 6. The number of aldehydes is 1. The van der Waals surface area contributed by atoms with Crippen LogP contribution in [0.1, 0.15) is 10.4 Å². The van der Waals surface area contributed by atoms with Gasteiger partial charge in [0.15, 0.2) is 0 Å². The molecule has 1 rings (SSSR count). The van der Waals surface area contributed by atoms with Crippen LogP contribution in [0.25, 0.3) is 0 Å². The van der Waals surface area contributed by atoms with Crippen LogP contribution in [0.4, 0.5) is 26.3 Å². The smallest absolute Gasteiger partial charge is 0.378 e. The summed E-state index contributed by atoms with van der Waals surface area (Å²) in [6, 6.07) is 2.77. The third-order valence-corrected chi connectivity index (χ3v) is 4.79. The highest BCUT2D eigenvalue weighted by Gasteiger charge is 2.83. The summed E-state index contributed by atoms with van der Waals surface area (Å²) in [5, 5.41) is -13.6. The van der Waals surface area contributed by atoms with Crippen molar-refractivity contribution in [3.8, 4) is 5.75 Å². The summed E-state index contributed by atoms with van der Waals surface area (Å²) in [7, 11) is -14.0. The van der Waals surface area contributed by atoms with Crippen molar-refractivity contribution >= 4 is 26.5 Å². The van der Waals surface area contributed by atoms with Gasteiger partial charge in [0.2, 0.25) is 0 Å². The fraction of sp³-hybridized carbons (Fsp3) is 0.300. The van der Waals surface area contributed by atoms with E-state index < -0.39 is 42.4 Å². The summed E-state index contributed by atoms with van der Waals surface area (Å²) >= 11 is 0. The first-order valence-electron chi connectivity index (χ1n) is 5.61. The first-order valence-corrected chi connectivity index (χ1v) is 8.46. The Balaban J connectivity index is 3.35. The van der Waals surface area contributed by atoms with E-state index in [1.165, 1.54) is 0 Å². The van der Waals surface area contributed by atoms with Gasteiger partial charge in [-0.3, -0.25) is 9.35 Å². The molecule has 1 aromatic carbocycles. The van der Waals surface area contributed by atoms with E-state index in [0.29, 0.717) is 12.1 Å². The highest BCUT2D eigenvalue weighted by atomic mass is 32.2. The number of hydrogen-bond acceptors (Lipinski definition) is 6. The molecule has 0 atom stereocenters.